The fourth-order valence-corrected chi connectivity index (χ4v) is 2.76. The van der Waals surface area contributed by atoms with Gasteiger partial charge in [-0.1, -0.05) is 38.0 Å². The lowest BCUT2D eigenvalue weighted by molar-refractivity contribution is -0.119. The number of hydrogen-bond donors (Lipinski definition) is 1. The van der Waals surface area contributed by atoms with Crippen LogP contribution in [0.1, 0.15) is 32.3 Å². The van der Waals surface area contributed by atoms with Crippen molar-refractivity contribution in [3.63, 3.8) is 0 Å². The molecule has 0 aliphatic rings. The van der Waals surface area contributed by atoms with Crippen LogP contribution in [-0.4, -0.2) is 16.1 Å². The Hall–Kier alpha value is -2.95. The van der Waals surface area contributed by atoms with Crippen molar-refractivity contribution in [1.29, 1.82) is 0 Å². The molecule has 3 aromatic rings. The Morgan fingerprint density at radius 2 is 1.77 bits per heavy atom. The average Bonchev–Trinajstić information content (AvgIpc) is 3.13. The largest absolute Gasteiger partial charge is 0.416 e. The van der Waals surface area contributed by atoms with Crippen LogP contribution in [0.5, 0.6) is 0 Å². The number of aryl methyl sites for hydroxylation is 1. The Morgan fingerprint density at radius 1 is 1.08 bits per heavy atom. The molecule has 26 heavy (non-hydrogen) atoms. The van der Waals surface area contributed by atoms with Crippen molar-refractivity contribution in [2.45, 2.75) is 33.6 Å². The van der Waals surface area contributed by atoms with Crippen molar-refractivity contribution >= 4 is 11.6 Å². The summed E-state index contributed by atoms with van der Waals surface area (Å²) >= 11 is 0. The molecule has 0 bridgehead atoms. The lowest BCUT2D eigenvalue weighted by atomic mass is 10.1. The zero-order valence-electron chi connectivity index (χ0n) is 15.3. The molecule has 2 aromatic carbocycles. The topological polar surface area (TPSA) is 68.0 Å². The second kappa shape index (κ2) is 7.95. The lowest BCUT2D eigenvalue weighted by Crippen LogP contribution is -2.20. The van der Waals surface area contributed by atoms with E-state index in [4.69, 9.17) is 4.42 Å². The first-order valence-corrected chi connectivity index (χ1v) is 8.88. The van der Waals surface area contributed by atoms with E-state index in [1.54, 1.807) is 0 Å². The highest BCUT2D eigenvalue weighted by atomic mass is 16.4. The predicted octanol–water partition coefficient (Wildman–Crippen LogP) is 5.09. The molecule has 3 rings (SSSR count). The third-order valence-electron chi connectivity index (χ3n) is 4.26. The molecule has 0 saturated carbocycles. The van der Waals surface area contributed by atoms with Crippen molar-refractivity contribution < 1.29 is 9.21 Å². The molecule has 5 heteroatoms. The summed E-state index contributed by atoms with van der Waals surface area (Å²) in [4.78, 5) is 12.1. The van der Waals surface area contributed by atoms with Crippen molar-refractivity contribution in [3.05, 3.63) is 54.1 Å². The molecule has 0 saturated heterocycles. The minimum Gasteiger partial charge on any atom is -0.416 e. The quantitative estimate of drug-likeness (QED) is 0.673. The minimum absolute atomic E-state index is 0.00695. The summed E-state index contributed by atoms with van der Waals surface area (Å²) < 4.78 is 5.79. The molecule has 1 heterocycles. The number of amides is 1. The summed E-state index contributed by atoms with van der Waals surface area (Å²) in [6.45, 7) is 6.04. The summed E-state index contributed by atoms with van der Waals surface area (Å²) in [5.74, 6) is 1.000. The lowest BCUT2D eigenvalue weighted by Gasteiger charge is -2.11. The van der Waals surface area contributed by atoms with E-state index in [-0.39, 0.29) is 11.8 Å². The van der Waals surface area contributed by atoms with E-state index in [2.05, 4.69) is 22.4 Å². The predicted molar refractivity (Wildman–Crippen MR) is 103 cm³/mol. The molecule has 1 amide bonds. The molecule has 0 unspecified atom stereocenters. The highest BCUT2D eigenvalue weighted by Crippen LogP contribution is 2.25. The minimum atomic E-state index is 0.00695. The van der Waals surface area contributed by atoms with Gasteiger partial charge in [0, 0.05) is 22.7 Å². The van der Waals surface area contributed by atoms with E-state index in [9.17, 15) is 4.79 Å². The Bertz CT molecular complexity index is 884. The van der Waals surface area contributed by atoms with Crippen LogP contribution in [0, 0.1) is 12.8 Å². The van der Waals surface area contributed by atoms with Crippen LogP contribution >= 0.6 is 0 Å². The molecule has 1 aromatic heterocycles. The fourth-order valence-electron chi connectivity index (χ4n) is 2.76. The maximum Gasteiger partial charge on any atom is 0.248 e. The third-order valence-corrected chi connectivity index (χ3v) is 4.26. The van der Waals surface area contributed by atoms with E-state index in [1.165, 1.54) is 0 Å². The Labute approximate surface area is 153 Å². The first kappa shape index (κ1) is 17.9. The van der Waals surface area contributed by atoms with Gasteiger partial charge in [-0.3, -0.25) is 4.79 Å². The number of carbonyl (C=O) groups is 1. The molecular formula is C21H23N3O2. The molecule has 0 aliphatic heterocycles. The van der Waals surface area contributed by atoms with E-state index in [0.717, 1.165) is 35.2 Å². The van der Waals surface area contributed by atoms with Gasteiger partial charge in [0.2, 0.25) is 17.7 Å². The van der Waals surface area contributed by atoms with Crippen LogP contribution in [0.2, 0.25) is 0 Å². The van der Waals surface area contributed by atoms with Crippen LogP contribution in [0.15, 0.2) is 52.9 Å². The standard InChI is InChI=1S/C21H23N3O2/c1-4-6-15(3)19(25)22-18-11-9-16(10-12-18)20-23-24-21(26-20)17-8-5-7-14(2)13-17/h5,7-13,15H,4,6H2,1-3H3,(H,22,25)/t15-/m1/s1. The summed E-state index contributed by atoms with van der Waals surface area (Å²) in [6, 6.07) is 15.4. The van der Waals surface area contributed by atoms with Crippen LogP contribution < -0.4 is 5.32 Å². The van der Waals surface area contributed by atoms with Crippen molar-refractivity contribution in [2.75, 3.05) is 5.32 Å². The first-order chi connectivity index (χ1) is 12.6. The number of benzene rings is 2. The van der Waals surface area contributed by atoms with Gasteiger partial charge in [0.1, 0.15) is 0 Å². The fraction of sp³-hybridized carbons (Fsp3) is 0.286. The van der Waals surface area contributed by atoms with Crippen LogP contribution in [0.4, 0.5) is 5.69 Å². The number of carbonyl (C=O) groups excluding carboxylic acids is 1. The molecule has 1 atom stereocenters. The van der Waals surface area contributed by atoms with Gasteiger partial charge in [0.15, 0.2) is 0 Å². The molecule has 5 nitrogen and oxygen atoms in total. The summed E-state index contributed by atoms with van der Waals surface area (Å²) in [6.07, 6.45) is 1.88. The number of nitrogens with one attached hydrogen (secondary N) is 1. The van der Waals surface area contributed by atoms with E-state index >= 15 is 0 Å². The molecule has 0 fully saturated rings. The number of aromatic nitrogens is 2. The van der Waals surface area contributed by atoms with E-state index < -0.39 is 0 Å². The highest BCUT2D eigenvalue weighted by molar-refractivity contribution is 5.92. The zero-order chi connectivity index (χ0) is 18.5. The zero-order valence-corrected chi connectivity index (χ0v) is 15.3. The monoisotopic (exact) mass is 349 g/mol. The van der Waals surface area contributed by atoms with Gasteiger partial charge in [-0.2, -0.15) is 0 Å². The number of nitrogens with zero attached hydrogens (tertiary/aromatic N) is 2. The van der Waals surface area contributed by atoms with Gasteiger partial charge in [-0.15, -0.1) is 10.2 Å². The van der Waals surface area contributed by atoms with Crippen molar-refractivity contribution in [2.24, 2.45) is 5.92 Å². The maximum absolute atomic E-state index is 12.1. The van der Waals surface area contributed by atoms with Crippen LogP contribution in [0.25, 0.3) is 22.9 Å². The van der Waals surface area contributed by atoms with Gasteiger partial charge in [-0.25, -0.2) is 0 Å². The Balaban J connectivity index is 1.72. The molecule has 0 radical (unpaired) electrons. The Morgan fingerprint density at radius 3 is 2.42 bits per heavy atom. The smallest absolute Gasteiger partial charge is 0.248 e. The SMILES string of the molecule is CCC[C@@H](C)C(=O)Nc1ccc(-c2nnc(-c3cccc(C)c3)o2)cc1. The van der Waals surface area contributed by atoms with E-state index in [1.807, 2.05) is 62.4 Å². The molecule has 1 N–H and O–H groups in total. The highest BCUT2D eigenvalue weighted by Gasteiger charge is 2.13. The van der Waals surface area contributed by atoms with Crippen LogP contribution in [0.3, 0.4) is 0 Å². The third kappa shape index (κ3) is 4.17. The summed E-state index contributed by atoms with van der Waals surface area (Å²) in [7, 11) is 0. The second-order valence-corrected chi connectivity index (χ2v) is 6.54. The number of hydrogen-bond acceptors (Lipinski definition) is 4. The van der Waals surface area contributed by atoms with Gasteiger partial charge in [-0.05, 0) is 49.7 Å². The molecule has 134 valence electrons. The normalized spacial score (nSPS) is 12.0. The average molecular weight is 349 g/mol. The second-order valence-electron chi connectivity index (χ2n) is 6.54. The molecule has 0 spiro atoms. The van der Waals surface area contributed by atoms with Gasteiger partial charge < -0.3 is 9.73 Å². The Kier molecular flexibility index (Phi) is 5.46. The number of rotatable bonds is 6. The molecule has 0 aliphatic carbocycles. The van der Waals surface area contributed by atoms with Crippen molar-refractivity contribution in [1.82, 2.24) is 10.2 Å². The maximum atomic E-state index is 12.1. The van der Waals surface area contributed by atoms with Crippen LogP contribution in [-0.2, 0) is 4.79 Å². The van der Waals surface area contributed by atoms with E-state index in [0.29, 0.717) is 11.8 Å². The van der Waals surface area contributed by atoms with Gasteiger partial charge in [0.25, 0.3) is 0 Å². The molecular weight excluding hydrogens is 326 g/mol. The summed E-state index contributed by atoms with van der Waals surface area (Å²) in [5.41, 5.74) is 3.62. The summed E-state index contributed by atoms with van der Waals surface area (Å²) in [5, 5.41) is 11.2. The first-order valence-electron chi connectivity index (χ1n) is 8.88. The van der Waals surface area contributed by atoms with Gasteiger partial charge >= 0.3 is 0 Å². The number of anilines is 1. The van der Waals surface area contributed by atoms with Crippen molar-refractivity contribution in [3.8, 4) is 22.9 Å². The van der Waals surface area contributed by atoms with Gasteiger partial charge in [0.05, 0.1) is 0 Å².